The first-order valence-electron chi connectivity index (χ1n) is 9.72. The number of aryl methyl sites for hydroxylation is 1. The Kier molecular flexibility index (Phi) is 6.12. The van der Waals surface area contributed by atoms with Crippen molar-refractivity contribution in [3.63, 3.8) is 0 Å². The predicted molar refractivity (Wildman–Crippen MR) is 114 cm³/mol. The zero-order valence-electron chi connectivity index (χ0n) is 16.9. The van der Waals surface area contributed by atoms with Crippen LogP contribution in [0, 0.1) is 6.92 Å². The number of hydrogen-bond acceptors (Lipinski definition) is 3. The topological polar surface area (TPSA) is 71.4 Å². The number of nitrogens with zero attached hydrogens (tertiary/aromatic N) is 2. The van der Waals surface area contributed by atoms with Crippen molar-refractivity contribution in [1.82, 2.24) is 9.47 Å². The summed E-state index contributed by atoms with van der Waals surface area (Å²) in [6, 6.07) is 14.5. The lowest BCUT2D eigenvalue weighted by atomic mass is 10.1. The Morgan fingerprint density at radius 3 is 2.28 bits per heavy atom. The smallest absolute Gasteiger partial charge is 0.296 e. The Labute approximate surface area is 170 Å². The van der Waals surface area contributed by atoms with Crippen molar-refractivity contribution in [3.05, 3.63) is 65.9 Å². The SMILES string of the molecule is CCN(CC)C(=O)Cn1cc(C(=O)C(=O)Nc2ccc(C)cc2)c2ccccc21. The van der Waals surface area contributed by atoms with Crippen molar-refractivity contribution in [3.8, 4) is 0 Å². The molecular formula is C23H25N3O3. The summed E-state index contributed by atoms with van der Waals surface area (Å²) in [5, 5.41) is 3.30. The molecule has 0 atom stereocenters. The number of aromatic nitrogens is 1. The molecule has 150 valence electrons. The van der Waals surface area contributed by atoms with Gasteiger partial charge in [0.15, 0.2) is 0 Å². The number of nitrogens with one attached hydrogen (secondary N) is 1. The standard InChI is InChI=1S/C23H25N3O3/c1-4-25(5-2)21(27)15-26-14-19(18-8-6-7-9-20(18)26)22(28)23(29)24-17-12-10-16(3)11-13-17/h6-14H,4-5,15H2,1-3H3,(H,24,29). The quantitative estimate of drug-likeness (QED) is 0.494. The van der Waals surface area contributed by atoms with Gasteiger partial charge in [0.25, 0.3) is 11.7 Å². The van der Waals surface area contributed by atoms with Gasteiger partial charge in [-0.2, -0.15) is 0 Å². The minimum Gasteiger partial charge on any atom is -0.342 e. The maximum Gasteiger partial charge on any atom is 0.296 e. The second-order valence-electron chi connectivity index (χ2n) is 6.90. The number of likely N-dealkylation sites (N-methyl/N-ethyl adjacent to an activating group) is 1. The first kappa shape index (κ1) is 20.3. The Hall–Kier alpha value is -3.41. The van der Waals surface area contributed by atoms with Gasteiger partial charge in [0.1, 0.15) is 6.54 Å². The van der Waals surface area contributed by atoms with E-state index in [4.69, 9.17) is 0 Å². The molecule has 6 nitrogen and oxygen atoms in total. The highest BCUT2D eigenvalue weighted by atomic mass is 16.2. The second-order valence-corrected chi connectivity index (χ2v) is 6.90. The summed E-state index contributed by atoms with van der Waals surface area (Å²) in [4.78, 5) is 39.7. The number of rotatable bonds is 7. The molecule has 0 spiro atoms. The lowest BCUT2D eigenvalue weighted by molar-refractivity contribution is -0.131. The summed E-state index contributed by atoms with van der Waals surface area (Å²) in [6.07, 6.45) is 1.60. The zero-order valence-corrected chi connectivity index (χ0v) is 16.9. The van der Waals surface area contributed by atoms with Crippen LogP contribution in [0.1, 0.15) is 29.8 Å². The molecule has 0 aliphatic rings. The maximum atomic E-state index is 12.9. The molecule has 0 saturated carbocycles. The van der Waals surface area contributed by atoms with Crippen molar-refractivity contribution in [1.29, 1.82) is 0 Å². The van der Waals surface area contributed by atoms with Crippen LogP contribution in [0.3, 0.4) is 0 Å². The summed E-state index contributed by atoms with van der Waals surface area (Å²) in [5.41, 5.74) is 2.67. The van der Waals surface area contributed by atoms with Gasteiger partial charge in [-0.3, -0.25) is 14.4 Å². The van der Waals surface area contributed by atoms with Gasteiger partial charge in [-0.15, -0.1) is 0 Å². The van der Waals surface area contributed by atoms with E-state index < -0.39 is 11.7 Å². The first-order valence-corrected chi connectivity index (χ1v) is 9.72. The zero-order chi connectivity index (χ0) is 21.0. The van der Waals surface area contributed by atoms with Gasteiger partial charge >= 0.3 is 0 Å². The monoisotopic (exact) mass is 391 g/mol. The van der Waals surface area contributed by atoms with E-state index in [0.29, 0.717) is 24.2 Å². The molecule has 0 fully saturated rings. The fourth-order valence-electron chi connectivity index (χ4n) is 3.33. The third kappa shape index (κ3) is 4.37. The van der Waals surface area contributed by atoms with Crippen molar-refractivity contribution in [2.45, 2.75) is 27.3 Å². The molecule has 1 aromatic heterocycles. The van der Waals surface area contributed by atoms with E-state index in [-0.39, 0.29) is 18.0 Å². The van der Waals surface area contributed by atoms with Gasteiger partial charge in [-0.25, -0.2) is 0 Å². The Morgan fingerprint density at radius 1 is 0.966 bits per heavy atom. The normalized spacial score (nSPS) is 10.7. The number of para-hydroxylation sites is 1. The fourth-order valence-corrected chi connectivity index (χ4v) is 3.33. The number of amides is 2. The van der Waals surface area contributed by atoms with Gasteiger partial charge in [-0.05, 0) is 39.0 Å². The molecule has 3 aromatic rings. The number of carbonyl (C=O) groups excluding carboxylic acids is 3. The molecule has 29 heavy (non-hydrogen) atoms. The highest BCUT2D eigenvalue weighted by Crippen LogP contribution is 2.23. The number of fused-ring (bicyclic) bond motifs is 1. The van der Waals surface area contributed by atoms with Gasteiger partial charge in [-0.1, -0.05) is 35.9 Å². The van der Waals surface area contributed by atoms with E-state index in [1.165, 1.54) is 0 Å². The molecular weight excluding hydrogens is 366 g/mol. The summed E-state index contributed by atoms with van der Waals surface area (Å²) in [7, 11) is 0. The van der Waals surface area contributed by atoms with E-state index in [9.17, 15) is 14.4 Å². The van der Waals surface area contributed by atoms with E-state index in [2.05, 4.69) is 5.32 Å². The molecule has 0 radical (unpaired) electrons. The summed E-state index contributed by atoms with van der Waals surface area (Å²) in [6.45, 7) is 7.18. The fraction of sp³-hybridized carbons (Fsp3) is 0.261. The predicted octanol–water partition coefficient (Wildman–Crippen LogP) is 3.64. The average Bonchev–Trinajstić information content (AvgIpc) is 3.08. The number of carbonyl (C=O) groups is 3. The van der Waals surface area contributed by atoms with Crippen molar-refractivity contribution >= 4 is 34.2 Å². The van der Waals surface area contributed by atoms with Gasteiger partial charge < -0.3 is 14.8 Å². The van der Waals surface area contributed by atoms with Gasteiger partial charge in [0, 0.05) is 35.9 Å². The van der Waals surface area contributed by atoms with E-state index in [0.717, 1.165) is 11.1 Å². The number of benzene rings is 2. The van der Waals surface area contributed by atoms with Crippen molar-refractivity contribution in [2.24, 2.45) is 0 Å². The first-order chi connectivity index (χ1) is 13.9. The van der Waals surface area contributed by atoms with E-state index in [1.54, 1.807) is 33.9 Å². The van der Waals surface area contributed by atoms with Crippen LogP contribution >= 0.6 is 0 Å². The Bertz CT molecular complexity index is 1050. The molecule has 1 heterocycles. The van der Waals surface area contributed by atoms with Crippen molar-refractivity contribution in [2.75, 3.05) is 18.4 Å². The molecule has 2 amide bonds. The molecule has 0 aliphatic heterocycles. The number of anilines is 1. The summed E-state index contributed by atoms with van der Waals surface area (Å²) < 4.78 is 1.74. The van der Waals surface area contributed by atoms with Crippen LogP contribution in [0.5, 0.6) is 0 Å². The van der Waals surface area contributed by atoms with Gasteiger partial charge in [0.2, 0.25) is 5.91 Å². The number of ketones is 1. The number of Topliss-reactive ketones (excluding diaryl/α,β-unsaturated/α-hetero) is 1. The minimum atomic E-state index is -0.702. The molecule has 0 saturated heterocycles. The largest absolute Gasteiger partial charge is 0.342 e. The lowest BCUT2D eigenvalue weighted by Gasteiger charge is -2.19. The molecule has 0 aliphatic carbocycles. The van der Waals surface area contributed by atoms with Crippen LogP contribution in [0.15, 0.2) is 54.7 Å². The lowest BCUT2D eigenvalue weighted by Crippen LogP contribution is -2.33. The third-order valence-corrected chi connectivity index (χ3v) is 4.97. The molecule has 0 bridgehead atoms. The molecule has 2 aromatic carbocycles. The Balaban J connectivity index is 1.89. The summed E-state index contributed by atoms with van der Waals surface area (Å²) in [5.74, 6) is -1.36. The molecule has 6 heteroatoms. The molecule has 3 rings (SSSR count). The third-order valence-electron chi connectivity index (χ3n) is 4.97. The minimum absolute atomic E-state index is 0.0288. The number of hydrogen-bond donors (Lipinski definition) is 1. The van der Waals surface area contributed by atoms with Gasteiger partial charge in [0.05, 0.1) is 5.56 Å². The Morgan fingerprint density at radius 2 is 1.62 bits per heavy atom. The van der Waals surface area contributed by atoms with Crippen LogP contribution in [-0.2, 0) is 16.1 Å². The average molecular weight is 391 g/mol. The van der Waals surface area contributed by atoms with Crippen LogP contribution in [-0.4, -0.2) is 40.2 Å². The highest BCUT2D eigenvalue weighted by Gasteiger charge is 2.23. The second kappa shape index (κ2) is 8.73. The molecule has 1 N–H and O–H groups in total. The van der Waals surface area contributed by atoms with Crippen LogP contribution in [0.2, 0.25) is 0 Å². The van der Waals surface area contributed by atoms with E-state index >= 15 is 0 Å². The molecule has 0 unspecified atom stereocenters. The van der Waals surface area contributed by atoms with Crippen LogP contribution in [0.25, 0.3) is 10.9 Å². The summed E-state index contributed by atoms with van der Waals surface area (Å²) >= 11 is 0. The van der Waals surface area contributed by atoms with Crippen molar-refractivity contribution < 1.29 is 14.4 Å². The highest BCUT2D eigenvalue weighted by molar-refractivity contribution is 6.48. The van der Waals surface area contributed by atoms with Crippen LogP contribution < -0.4 is 5.32 Å². The van der Waals surface area contributed by atoms with E-state index in [1.807, 2.05) is 51.1 Å². The van der Waals surface area contributed by atoms with Crippen LogP contribution in [0.4, 0.5) is 5.69 Å². The maximum absolute atomic E-state index is 12.9.